The van der Waals surface area contributed by atoms with E-state index in [1.165, 1.54) is 4.68 Å². The summed E-state index contributed by atoms with van der Waals surface area (Å²) in [6.45, 7) is 2.74. The number of fused-ring (bicyclic) bond motifs is 2. The van der Waals surface area contributed by atoms with Gasteiger partial charge >= 0.3 is 0 Å². The third kappa shape index (κ3) is 4.37. The van der Waals surface area contributed by atoms with Crippen molar-refractivity contribution in [1.82, 2.24) is 24.9 Å². The van der Waals surface area contributed by atoms with Gasteiger partial charge in [-0.1, -0.05) is 44.4 Å². The molecule has 0 aliphatic rings. The number of nitrogen functional groups attached to an aromatic ring is 1. The Morgan fingerprint density at radius 3 is 2.68 bits per heavy atom. The normalized spacial score (nSPS) is 11.5. The average Bonchev–Trinajstić information content (AvgIpc) is 3.06. The molecule has 31 heavy (non-hydrogen) atoms. The number of para-hydroxylation sites is 2. The number of carbonyl (C=O) groups is 1. The van der Waals surface area contributed by atoms with Gasteiger partial charge in [-0.3, -0.25) is 9.78 Å². The molecule has 0 radical (unpaired) electrons. The fourth-order valence-electron chi connectivity index (χ4n) is 3.41. The molecule has 0 bridgehead atoms. The highest BCUT2D eigenvalue weighted by Gasteiger charge is 2.23. The number of anilines is 1. The molecule has 0 fully saturated rings. The summed E-state index contributed by atoms with van der Waals surface area (Å²) >= 11 is 0. The Labute approximate surface area is 180 Å². The number of pyridine rings is 1. The minimum absolute atomic E-state index is 0.205. The lowest BCUT2D eigenvalue weighted by Crippen LogP contribution is -2.25. The van der Waals surface area contributed by atoms with Crippen LogP contribution in [0.1, 0.15) is 48.5 Å². The van der Waals surface area contributed by atoms with Crippen molar-refractivity contribution >= 4 is 40.1 Å². The van der Waals surface area contributed by atoms with Crippen LogP contribution in [-0.2, 0) is 0 Å². The summed E-state index contributed by atoms with van der Waals surface area (Å²) in [5.41, 5.74) is 9.77. The lowest BCUT2D eigenvalue weighted by atomic mass is 10.2. The minimum Gasteiger partial charge on any atom is -0.383 e. The van der Waals surface area contributed by atoms with Crippen LogP contribution in [0.2, 0.25) is 0 Å². The first-order valence-corrected chi connectivity index (χ1v) is 10.5. The van der Waals surface area contributed by atoms with Gasteiger partial charge in [0.25, 0.3) is 5.91 Å². The third-order valence-corrected chi connectivity index (χ3v) is 5.02. The number of nitrogens with one attached hydrogen (secondary N) is 1. The van der Waals surface area contributed by atoms with Gasteiger partial charge in [0.1, 0.15) is 16.9 Å². The second kappa shape index (κ2) is 9.34. The lowest BCUT2D eigenvalue weighted by molar-refractivity contribution is 0.0955. The summed E-state index contributed by atoms with van der Waals surface area (Å²) in [5.74, 6) is -0.0598. The molecule has 0 spiro atoms. The number of rotatable bonds is 8. The van der Waals surface area contributed by atoms with Gasteiger partial charge in [-0.15, -0.1) is 0 Å². The second-order valence-corrected chi connectivity index (χ2v) is 7.30. The lowest BCUT2D eigenvalue weighted by Gasteiger charge is -2.05. The standard InChI is InChI=1S/C23H25N7O/c1-2-3-4-7-13-26-23(31)19-20-22(29-18-11-6-5-10-17(18)28-20)30(21(19)24)27-15-16-9-8-12-25-14-16/h5-6,8-12,14-15H,2-4,7,13,24H2,1H3,(H,26,31). The smallest absolute Gasteiger partial charge is 0.257 e. The number of benzene rings is 1. The maximum Gasteiger partial charge on any atom is 0.257 e. The highest BCUT2D eigenvalue weighted by atomic mass is 16.1. The quantitative estimate of drug-likeness (QED) is 0.336. The van der Waals surface area contributed by atoms with Crippen LogP contribution in [0, 0.1) is 0 Å². The Hall–Kier alpha value is -3.81. The van der Waals surface area contributed by atoms with E-state index in [0.717, 1.165) is 31.2 Å². The summed E-state index contributed by atoms with van der Waals surface area (Å²) in [6.07, 6.45) is 9.31. The Morgan fingerprint density at radius 1 is 1.13 bits per heavy atom. The van der Waals surface area contributed by atoms with Crippen molar-refractivity contribution in [1.29, 1.82) is 0 Å². The number of hydrogen-bond acceptors (Lipinski definition) is 6. The van der Waals surface area contributed by atoms with Gasteiger partial charge in [0, 0.05) is 24.5 Å². The van der Waals surface area contributed by atoms with Crippen LogP contribution in [0.3, 0.4) is 0 Å². The first kappa shape index (κ1) is 20.5. The van der Waals surface area contributed by atoms with Gasteiger partial charge in [-0.2, -0.15) is 9.78 Å². The first-order valence-electron chi connectivity index (χ1n) is 10.5. The Balaban J connectivity index is 1.75. The number of nitrogens with two attached hydrogens (primary N) is 1. The van der Waals surface area contributed by atoms with Crippen molar-refractivity contribution in [3.63, 3.8) is 0 Å². The highest BCUT2D eigenvalue weighted by molar-refractivity contribution is 6.10. The zero-order chi connectivity index (χ0) is 21.6. The Morgan fingerprint density at radius 2 is 1.94 bits per heavy atom. The Kier molecular flexibility index (Phi) is 6.16. The number of amides is 1. The van der Waals surface area contributed by atoms with E-state index in [9.17, 15) is 4.79 Å². The molecule has 1 amide bonds. The van der Waals surface area contributed by atoms with E-state index >= 15 is 0 Å². The molecule has 3 aromatic heterocycles. The van der Waals surface area contributed by atoms with Crippen molar-refractivity contribution in [3.8, 4) is 0 Å². The SMILES string of the molecule is CCCCCCNC(=O)c1c(N)n(N=Cc2cccnc2)c2nc3ccccc3nc12. The molecule has 8 heteroatoms. The van der Waals surface area contributed by atoms with E-state index in [0.29, 0.717) is 34.3 Å². The van der Waals surface area contributed by atoms with Gasteiger partial charge in [0.2, 0.25) is 0 Å². The summed E-state index contributed by atoms with van der Waals surface area (Å²) in [6, 6.07) is 11.2. The molecular formula is C23H25N7O. The largest absolute Gasteiger partial charge is 0.383 e. The molecule has 0 saturated carbocycles. The Bertz CT molecular complexity index is 1230. The van der Waals surface area contributed by atoms with E-state index < -0.39 is 0 Å². The van der Waals surface area contributed by atoms with Crippen LogP contribution in [0.15, 0.2) is 53.9 Å². The molecule has 0 atom stereocenters. The molecule has 4 aromatic rings. The van der Waals surface area contributed by atoms with Crippen molar-refractivity contribution in [2.24, 2.45) is 5.10 Å². The zero-order valence-corrected chi connectivity index (χ0v) is 17.5. The molecular weight excluding hydrogens is 390 g/mol. The van der Waals surface area contributed by atoms with Crippen molar-refractivity contribution in [2.75, 3.05) is 12.3 Å². The van der Waals surface area contributed by atoms with Gasteiger partial charge in [-0.05, 0) is 24.6 Å². The zero-order valence-electron chi connectivity index (χ0n) is 17.5. The first-order chi connectivity index (χ1) is 15.2. The van der Waals surface area contributed by atoms with Crippen LogP contribution in [0.25, 0.3) is 22.2 Å². The van der Waals surface area contributed by atoms with Gasteiger partial charge in [0.05, 0.1) is 17.2 Å². The summed E-state index contributed by atoms with van der Waals surface area (Å²) in [7, 11) is 0. The molecule has 0 aliphatic carbocycles. The predicted molar refractivity (Wildman–Crippen MR) is 123 cm³/mol. The molecule has 158 valence electrons. The van der Waals surface area contributed by atoms with Crippen LogP contribution in [0.5, 0.6) is 0 Å². The third-order valence-electron chi connectivity index (χ3n) is 5.02. The number of aromatic nitrogens is 4. The second-order valence-electron chi connectivity index (χ2n) is 7.30. The van der Waals surface area contributed by atoms with E-state index in [4.69, 9.17) is 5.73 Å². The molecule has 0 aliphatic heterocycles. The topological polar surface area (TPSA) is 111 Å². The van der Waals surface area contributed by atoms with E-state index in [1.54, 1.807) is 18.6 Å². The maximum atomic E-state index is 13.0. The van der Waals surface area contributed by atoms with Crippen molar-refractivity contribution in [2.45, 2.75) is 32.6 Å². The number of nitrogens with zero attached hydrogens (tertiary/aromatic N) is 5. The molecule has 0 unspecified atom stereocenters. The van der Waals surface area contributed by atoms with E-state index in [-0.39, 0.29) is 11.7 Å². The predicted octanol–water partition coefficient (Wildman–Crippen LogP) is 3.75. The maximum absolute atomic E-state index is 13.0. The fourth-order valence-corrected chi connectivity index (χ4v) is 3.41. The summed E-state index contributed by atoms with van der Waals surface area (Å²) in [4.78, 5) is 26.5. The van der Waals surface area contributed by atoms with Crippen LogP contribution >= 0.6 is 0 Å². The van der Waals surface area contributed by atoms with Gasteiger partial charge in [0.15, 0.2) is 5.65 Å². The van der Waals surface area contributed by atoms with Crippen molar-refractivity contribution in [3.05, 3.63) is 59.9 Å². The highest BCUT2D eigenvalue weighted by Crippen LogP contribution is 2.27. The van der Waals surface area contributed by atoms with Crippen LogP contribution in [-0.4, -0.2) is 38.3 Å². The van der Waals surface area contributed by atoms with E-state index in [1.807, 2.05) is 36.4 Å². The monoisotopic (exact) mass is 415 g/mol. The molecule has 1 aromatic carbocycles. The molecule has 8 nitrogen and oxygen atoms in total. The van der Waals surface area contributed by atoms with Crippen LogP contribution < -0.4 is 11.1 Å². The number of unbranched alkanes of at least 4 members (excludes halogenated alkanes) is 3. The fraction of sp³-hybridized carbons (Fsp3) is 0.261. The molecule has 0 saturated heterocycles. The van der Waals surface area contributed by atoms with Gasteiger partial charge < -0.3 is 11.1 Å². The van der Waals surface area contributed by atoms with Gasteiger partial charge in [-0.25, -0.2) is 9.97 Å². The summed E-state index contributed by atoms with van der Waals surface area (Å²) in [5, 5.41) is 7.44. The van der Waals surface area contributed by atoms with E-state index in [2.05, 4.69) is 32.3 Å². The number of hydrogen-bond donors (Lipinski definition) is 2. The molecule has 3 heterocycles. The molecule has 3 N–H and O–H groups in total. The number of carbonyl (C=O) groups excluding carboxylic acids is 1. The average molecular weight is 416 g/mol. The van der Waals surface area contributed by atoms with Crippen LogP contribution in [0.4, 0.5) is 5.82 Å². The summed E-state index contributed by atoms with van der Waals surface area (Å²) < 4.78 is 1.47. The van der Waals surface area contributed by atoms with Crippen molar-refractivity contribution < 1.29 is 4.79 Å². The molecule has 4 rings (SSSR count). The minimum atomic E-state index is -0.265.